The molecule has 1 amide bonds. The van der Waals surface area contributed by atoms with E-state index in [0.717, 1.165) is 11.3 Å². The molecule has 0 aromatic heterocycles. The van der Waals surface area contributed by atoms with Gasteiger partial charge in [0.2, 0.25) is 5.91 Å². The summed E-state index contributed by atoms with van der Waals surface area (Å²) in [5.74, 6) is -0.483. The summed E-state index contributed by atoms with van der Waals surface area (Å²) >= 11 is 0. The zero-order valence-electron chi connectivity index (χ0n) is 12.6. The Kier molecular flexibility index (Phi) is 7.29. The lowest BCUT2D eigenvalue weighted by molar-refractivity contribution is -0.141. The van der Waals surface area contributed by atoms with Crippen molar-refractivity contribution in [2.75, 3.05) is 13.2 Å². The van der Waals surface area contributed by atoms with Gasteiger partial charge in [-0.05, 0) is 37.5 Å². The molecule has 0 spiro atoms. The summed E-state index contributed by atoms with van der Waals surface area (Å²) in [6.45, 7) is 4.49. The Morgan fingerprint density at radius 3 is 2.81 bits per heavy atom. The first-order chi connectivity index (χ1) is 9.99. The van der Waals surface area contributed by atoms with E-state index in [2.05, 4.69) is 5.32 Å². The van der Waals surface area contributed by atoms with Crippen LogP contribution in [-0.2, 0) is 9.59 Å². The second kappa shape index (κ2) is 9.00. The highest BCUT2D eigenvalue weighted by Gasteiger charge is 2.10. The van der Waals surface area contributed by atoms with Gasteiger partial charge in [0.1, 0.15) is 5.75 Å². The second-order valence-electron chi connectivity index (χ2n) is 5.15. The van der Waals surface area contributed by atoms with Crippen LogP contribution in [0.4, 0.5) is 0 Å². The Bertz CT molecular complexity index is 473. The van der Waals surface area contributed by atoms with Crippen LogP contribution in [0.3, 0.4) is 0 Å². The summed E-state index contributed by atoms with van der Waals surface area (Å²) in [5.41, 5.74) is 1.12. The highest BCUT2D eigenvalue weighted by molar-refractivity contribution is 5.76. The SMILES string of the molecule is Cc1cccc(OCCC(=O)NCCCC(C)C(=O)O)c1. The molecule has 21 heavy (non-hydrogen) atoms. The van der Waals surface area contributed by atoms with Crippen molar-refractivity contribution >= 4 is 11.9 Å². The molecule has 0 bridgehead atoms. The van der Waals surface area contributed by atoms with Crippen LogP contribution in [-0.4, -0.2) is 30.1 Å². The number of hydrogen-bond acceptors (Lipinski definition) is 3. The molecule has 5 heteroatoms. The molecular weight excluding hydrogens is 270 g/mol. The van der Waals surface area contributed by atoms with Crippen molar-refractivity contribution in [3.63, 3.8) is 0 Å². The van der Waals surface area contributed by atoms with E-state index in [1.807, 2.05) is 31.2 Å². The number of nitrogens with one attached hydrogen (secondary N) is 1. The molecule has 5 nitrogen and oxygen atoms in total. The van der Waals surface area contributed by atoms with E-state index in [9.17, 15) is 9.59 Å². The highest BCUT2D eigenvalue weighted by atomic mass is 16.5. The quantitative estimate of drug-likeness (QED) is 0.685. The Labute approximate surface area is 125 Å². The topological polar surface area (TPSA) is 75.6 Å². The average Bonchev–Trinajstić information content (AvgIpc) is 2.43. The summed E-state index contributed by atoms with van der Waals surface area (Å²) in [4.78, 5) is 22.2. The Balaban J connectivity index is 2.10. The zero-order chi connectivity index (χ0) is 15.7. The monoisotopic (exact) mass is 293 g/mol. The van der Waals surface area contributed by atoms with E-state index in [-0.39, 0.29) is 11.8 Å². The third-order valence-corrected chi connectivity index (χ3v) is 3.15. The fourth-order valence-corrected chi connectivity index (χ4v) is 1.81. The first-order valence-corrected chi connectivity index (χ1v) is 7.18. The maximum atomic E-state index is 11.6. The molecule has 0 radical (unpaired) electrons. The van der Waals surface area contributed by atoms with Crippen LogP contribution in [0.5, 0.6) is 5.75 Å². The summed E-state index contributed by atoms with van der Waals surface area (Å²) in [6.07, 6.45) is 1.52. The number of benzene rings is 1. The molecular formula is C16H23NO4. The van der Waals surface area contributed by atoms with Crippen molar-refractivity contribution in [2.45, 2.75) is 33.1 Å². The molecule has 1 aromatic carbocycles. The van der Waals surface area contributed by atoms with Gasteiger partial charge in [0, 0.05) is 6.54 Å². The van der Waals surface area contributed by atoms with Crippen LogP contribution in [0.2, 0.25) is 0 Å². The van der Waals surface area contributed by atoms with E-state index in [1.165, 1.54) is 0 Å². The molecule has 0 fully saturated rings. The molecule has 0 aliphatic rings. The standard InChI is InChI=1S/C16H23NO4/c1-12-5-3-7-14(11-12)21-10-8-15(18)17-9-4-6-13(2)16(19)20/h3,5,7,11,13H,4,6,8-10H2,1-2H3,(H,17,18)(H,19,20). The van der Waals surface area contributed by atoms with Crippen molar-refractivity contribution in [1.29, 1.82) is 0 Å². The first kappa shape index (κ1) is 17.0. The smallest absolute Gasteiger partial charge is 0.306 e. The average molecular weight is 293 g/mol. The number of carboxylic acids is 1. The molecule has 1 rings (SSSR count). The van der Waals surface area contributed by atoms with Gasteiger partial charge in [-0.3, -0.25) is 9.59 Å². The Morgan fingerprint density at radius 2 is 2.14 bits per heavy atom. The summed E-state index contributed by atoms with van der Waals surface area (Å²) < 4.78 is 5.49. The summed E-state index contributed by atoms with van der Waals surface area (Å²) in [7, 11) is 0. The molecule has 116 valence electrons. The summed E-state index contributed by atoms with van der Waals surface area (Å²) in [6, 6.07) is 7.68. The number of carbonyl (C=O) groups is 2. The van der Waals surface area contributed by atoms with Crippen LogP contribution in [0.25, 0.3) is 0 Å². The number of carbonyl (C=O) groups excluding carboxylic acids is 1. The normalized spacial score (nSPS) is 11.7. The lowest BCUT2D eigenvalue weighted by atomic mass is 10.1. The van der Waals surface area contributed by atoms with Gasteiger partial charge in [-0.25, -0.2) is 0 Å². The van der Waals surface area contributed by atoms with Gasteiger partial charge in [-0.15, -0.1) is 0 Å². The summed E-state index contributed by atoms with van der Waals surface area (Å²) in [5, 5.41) is 11.5. The van der Waals surface area contributed by atoms with Gasteiger partial charge in [0.15, 0.2) is 0 Å². The highest BCUT2D eigenvalue weighted by Crippen LogP contribution is 2.12. The Morgan fingerprint density at radius 1 is 1.38 bits per heavy atom. The molecule has 1 atom stereocenters. The zero-order valence-corrected chi connectivity index (χ0v) is 12.6. The number of hydrogen-bond donors (Lipinski definition) is 2. The number of aliphatic carboxylic acids is 1. The van der Waals surface area contributed by atoms with Crippen LogP contribution >= 0.6 is 0 Å². The number of rotatable bonds is 9. The van der Waals surface area contributed by atoms with E-state index in [1.54, 1.807) is 6.92 Å². The molecule has 0 saturated carbocycles. The maximum Gasteiger partial charge on any atom is 0.306 e. The van der Waals surface area contributed by atoms with Crippen LogP contribution in [0.1, 0.15) is 31.7 Å². The lowest BCUT2D eigenvalue weighted by Crippen LogP contribution is -2.26. The van der Waals surface area contributed by atoms with Crippen LogP contribution < -0.4 is 10.1 Å². The molecule has 2 N–H and O–H groups in total. The van der Waals surface area contributed by atoms with Gasteiger partial charge >= 0.3 is 5.97 Å². The number of aryl methyl sites for hydroxylation is 1. The third kappa shape index (κ3) is 7.34. The van der Waals surface area contributed by atoms with E-state index in [0.29, 0.717) is 32.4 Å². The van der Waals surface area contributed by atoms with E-state index in [4.69, 9.17) is 9.84 Å². The predicted molar refractivity (Wildman–Crippen MR) is 80.3 cm³/mol. The molecule has 1 unspecified atom stereocenters. The minimum absolute atomic E-state index is 0.0781. The Hall–Kier alpha value is -2.04. The van der Waals surface area contributed by atoms with Crippen molar-refractivity contribution in [2.24, 2.45) is 5.92 Å². The van der Waals surface area contributed by atoms with Crippen molar-refractivity contribution in [1.82, 2.24) is 5.32 Å². The third-order valence-electron chi connectivity index (χ3n) is 3.15. The number of amides is 1. The second-order valence-corrected chi connectivity index (χ2v) is 5.15. The van der Waals surface area contributed by atoms with Crippen molar-refractivity contribution in [3.8, 4) is 5.75 Å². The van der Waals surface area contributed by atoms with E-state index >= 15 is 0 Å². The first-order valence-electron chi connectivity index (χ1n) is 7.18. The van der Waals surface area contributed by atoms with Crippen LogP contribution in [0, 0.1) is 12.8 Å². The largest absolute Gasteiger partial charge is 0.493 e. The molecule has 1 aromatic rings. The van der Waals surface area contributed by atoms with Gasteiger partial charge in [0.25, 0.3) is 0 Å². The van der Waals surface area contributed by atoms with Crippen molar-refractivity contribution < 1.29 is 19.4 Å². The van der Waals surface area contributed by atoms with Gasteiger partial charge in [0.05, 0.1) is 18.9 Å². The van der Waals surface area contributed by atoms with Gasteiger partial charge in [-0.2, -0.15) is 0 Å². The van der Waals surface area contributed by atoms with Crippen molar-refractivity contribution in [3.05, 3.63) is 29.8 Å². The minimum atomic E-state index is -0.798. The molecule has 0 aliphatic heterocycles. The van der Waals surface area contributed by atoms with E-state index < -0.39 is 5.97 Å². The molecule has 0 heterocycles. The van der Waals surface area contributed by atoms with Gasteiger partial charge in [-0.1, -0.05) is 19.1 Å². The molecule has 0 aliphatic carbocycles. The predicted octanol–water partition coefficient (Wildman–Crippen LogP) is 2.38. The fourth-order valence-electron chi connectivity index (χ4n) is 1.81. The number of carboxylic acid groups (broad SMARTS) is 1. The fraction of sp³-hybridized carbons (Fsp3) is 0.500. The minimum Gasteiger partial charge on any atom is -0.493 e. The number of ether oxygens (including phenoxy) is 1. The van der Waals surface area contributed by atoms with Crippen LogP contribution in [0.15, 0.2) is 24.3 Å². The maximum absolute atomic E-state index is 11.6. The van der Waals surface area contributed by atoms with Gasteiger partial charge < -0.3 is 15.2 Å². The molecule has 0 saturated heterocycles. The lowest BCUT2D eigenvalue weighted by Gasteiger charge is -2.09.